The average molecular weight is 318 g/mol. The number of nitrogens with zero attached hydrogens (tertiary/aromatic N) is 1. The smallest absolute Gasteiger partial charge is 0.257 e. The maximum atomic E-state index is 12.2. The summed E-state index contributed by atoms with van der Waals surface area (Å²) < 4.78 is 0. The van der Waals surface area contributed by atoms with E-state index in [4.69, 9.17) is 11.6 Å². The fraction of sp³-hybridized carbons (Fsp3) is 0.294. The molecule has 0 bridgehead atoms. The number of rotatable bonds is 6. The van der Waals surface area contributed by atoms with Gasteiger partial charge in [-0.15, -0.1) is 0 Å². The van der Waals surface area contributed by atoms with Crippen LogP contribution in [0, 0.1) is 5.92 Å². The zero-order chi connectivity index (χ0) is 15.9. The van der Waals surface area contributed by atoms with Gasteiger partial charge in [-0.1, -0.05) is 31.5 Å². The number of benzene rings is 1. The molecule has 0 aliphatic heterocycles. The number of amides is 1. The Morgan fingerprint density at radius 2 is 2.05 bits per heavy atom. The van der Waals surface area contributed by atoms with E-state index in [1.54, 1.807) is 42.7 Å². The summed E-state index contributed by atoms with van der Waals surface area (Å²) in [7, 11) is 0. The van der Waals surface area contributed by atoms with Crippen molar-refractivity contribution in [2.75, 3.05) is 17.2 Å². The van der Waals surface area contributed by atoms with Crippen LogP contribution in [0.2, 0.25) is 5.02 Å². The highest BCUT2D eigenvalue weighted by molar-refractivity contribution is 6.30. The van der Waals surface area contributed by atoms with E-state index in [0.29, 0.717) is 22.2 Å². The maximum absolute atomic E-state index is 12.2. The molecule has 0 aliphatic carbocycles. The molecule has 4 nitrogen and oxygen atoms in total. The van der Waals surface area contributed by atoms with Crippen LogP contribution in [0.1, 0.15) is 30.6 Å². The van der Waals surface area contributed by atoms with E-state index in [1.807, 2.05) is 0 Å². The number of carbonyl (C=O) groups excluding carboxylic acids is 1. The maximum Gasteiger partial charge on any atom is 0.257 e. The standard InChI is InChI=1S/C17H20ClN3O/c1-12(2)6-7-20-16-8-13(10-19-11-16)17(22)21-15-5-3-4-14(18)9-15/h3-5,8-12,20H,6-7H2,1-2H3,(H,21,22). The summed E-state index contributed by atoms with van der Waals surface area (Å²) in [5.74, 6) is 0.428. The van der Waals surface area contributed by atoms with E-state index in [0.717, 1.165) is 18.7 Å². The molecule has 0 saturated carbocycles. The molecule has 2 N–H and O–H groups in total. The molecule has 2 rings (SSSR count). The fourth-order valence-electron chi connectivity index (χ4n) is 1.94. The first-order valence-corrected chi connectivity index (χ1v) is 7.68. The second-order valence-electron chi connectivity index (χ2n) is 5.54. The van der Waals surface area contributed by atoms with Crippen LogP contribution >= 0.6 is 11.6 Å². The quantitative estimate of drug-likeness (QED) is 0.827. The largest absolute Gasteiger partial charge is 0.384 e. The molecule has 0 unspecified atom stereocenters. The molecule has 0 radical (unpaired) electrons. The van der Waals surface area contributed by atoms with Crippen molar-refractivity contribution >= 4 is 28.9 Å². The van der Waals surface area contributed by atoms with E-state index < -0.39 is 0 Å². The zero-order valence-corrected chi connectivity index (χ0v) is 13.5. The number of anilines is 2. The molecule has 22 heavy (non-hydrogen) atoms. The second-order valence-corrected chi connectivity index (χ2v) is 5.97. The highest BCUT2D eigenvalue weighted by Crippen LogP contribution is 2.16. The molecule has 1 amide bonds. The number of carbonyl (C=O) groups is 1. The predicted molar refractivity (Wildman–Crippen MR) is 91.6 cm³/mol. The van der Waals surface area contributed by atoms with Crippen LogP contribution in [0.5, 0.6) is 0 Å². The summed E-state index contributed by atoms with van der Waals surface area (Å²) in [6.45, 7) is 5.21. The average Bonchev–Trinajstić information content (AvgIpc) is 2.47. The summed E-state index contributed by atoms with van der Waals surface area (Å²) >= 11 is 5.91. The number of hydrogen-bond acceptors (Lipinski definition) is 3. The molecule has 2 aromatic rings. The van der Waals surface area contributed by atoms with Gasteiger partial charge in [-0.3, -0.25) is 9.78 Å². The minimum Gasteiger partial charge on any atom is -0.384 e. The minimum atomic E-state index is -0.206. The minimum absolute atomic E-state index is 0.206. The number of aromatic nitrogens is 1. The predicted octanol–water partition coefficient (Wildman–Crippen LogP) is 4.45. The van der Waals surface area contributed by atoms with Crippen molar-refractivity contribution in [3.8, 4) is 0 Å². The molecular weight excluding hydrogens is 298 g/mol. The van der Waals surface area contributed by atoms with Gasteiger partial charge in [-0.05, 0) is 36.6 Å². The molecule has 0 atom stereocenters. The number of hydrogen-bond donors (Lipinski definition) is 2. The SMILES string of the molecule is CC(C)CCNc1cncc(C(=O)Nc2cccc(Cl)c2)c1. The molecule has 0 aliphatic rings. The molecule has 5 heteroatoms. The third-order valence-electron chi connectivity index (χ3n) is 3.13. The fourth-order valence-corrected chi connectivity index (χ4v) is 2.13. The lowest BCUT2D eigenvalue weighted by Crippen LogP contribution is -2.13. The molecule has 0 spiro atoms. The Bertz CT molecular complexity index is 643. The molecule has 0 saturated heterocycles. The van der Waals surface area contributed by atoms with Gasteiger partial charge in [0.25, 0.3) is 5.91 Å². The van der Waals surface area contributed by atoms with Crippen molar-refractivity contribution < 1.29 is 4.79 Å². The molecule has 116 valence electrons. The highest BCUT2D eigenvalue weighted by atomic mass is 35.5. The van der Waals surface area contributed by atoms with E-state index in [1.165, 1.54) is 0 Å². The number of nitrogens with one attached hydrogen (secondary N) is 2. The van der Waals surface area contributed by atoms with Crippen molar-refractivity contribution in [3.05, 3.63) is 53.3 Å². The van der Waals surface area contributed by atoms with E-state index in [-0.39, 0.29) is 5.91 Å². The molecular formula is C17H20ClN3O. The van der Waals surface area contributed by atoms with Gasteiger partial charge in [0.2, 0.25) is 0 Å². The summed E-state index contributed by atoms with van der Waals surface area (Å²) in [4.78, 5) is 16.4. The Kier molecular flexibility index (Phi) is 5.78. The van der Waals surface area contributed by atoms with Gasteiger partial charge in [0.1, 0.15) is 0 Å². The number of halogens is 1. The first-order chi connectivity index (χ1) is 10.5. The molecule has 1 heterocycles. The lowest BCUT2D eigenvalue weighted by atomic mass is 10.1. The summed E-state index contributed by atoms with van der Waals surface area (Å²) in [5, 5.41) is 6.67. The Balaban J connectivity index is 2.00. The van der Waals surface area contributed by atoms with Crippen molar-refractivity contribution in [2.24, 2.45) is 5.92 Å². The monoisotopic (exact) mass is 317 g/mol. The molecule has 1 aromatic carbocycles. The Morgan fingerprint density at radius 3 is 2.77 bits per heavy atom. The van der Waals surface area contributed by atoms with Gasteiger partial charge in [0.05, 0.1) is 11.3 Å². The Hall–Kier alpha value is -2.07. The first kappa shape index (κ1) is 16.3. The van der Waals surface area contributed by atoms with Crippen LogP contribution in [0.3, 0.4) is 0 Å². The van der Waals surface area contributed by atoms with E-state index >= 15 is 0 Å². The molecule has 0 fully saturated rings. The first-order valence-electron chi connectivity index (χ1n) is 7.30. The van der Waals surface area contributed by atoms with Gasteiger partial charge in [0.15, 0.2) is 0 Å². The van der Waals surface area contributed by atoms with Crippen molar-refractivity contribution in [1.82, 2.24) is 4.98 Å². The third kappa shape index (κ3) is 5.04. The van der Waals surface area contributed by atoms with Crippen molar-refractivity contribution in [3.63, 3.8) is 0 Å². The van der Waals surface area contributed by atoms with Crippen LogP contribution in [0.25, 0.3) is 0 Å². The van der Waals surface area contributed by atoms with Crippen LogP contribution in [-0.2, 0) is 0 Å². The number of pyridine rings is 1. The van der Waals surface area contributed by atoms with E-state index in [9.17, 15) is 4.79 Å². The van der Waals surface area contributed by atoms with Crippen molar-refractivity contribution in [2.45, 2.75) is 20.3 Å². The van der Waals surface area contributed by atoms with E-state index in [2.05, 4.69) is 29.5 Å². The summed E-state index contributed by atoms with van der Waals surface area (Å²) in [5.41, 5.74) is 2.02. The van der Waals surface area contributed by atoms with Crippen LogP contribution < -0.4 is 10.6 Å². The third-order valence-corrected chi connectivity index (χ3v) is 3.37. The van der Waals surface area contributed by atoms with Crippen LogP contribution in [0.15, 0.2) is 42.7 Å². The summed E-state index contributed by atoms with van der Waals surface area (Å²) in [6, 6.07) is 8.85. The van der Waals surface area contributed by atoms with Gasteiger partial charge in [0, 0.05) is 29.6 Å². The highest BCUT2D eigenvalue weighted by Gasteiger charge is 2.08. The van der Waals surface area contributed by atoms with Gasteiger partial charge >= 0.3 is 0 Å². The normalized spacial score (nSPS) is 10.5. The second kappa shape index (κ2) is 7.80. The van der Waals surface area contributed by atoms with Gasteiger partial charge in [-0.25, -0.2) is 0 Å². The van der Waals surface area contributed by atoms with Gasteiger partial charge in [-0.2, -0.15) is 0 Å². The van der Waals surface area contributed by atoms with Crippen LogP contribution in [0.4, 0.5) is 11.4 Å². The zero-order valence-electron chi connectivity index (χ0n) is 12.8. The molecule has 1 aromatic heterocycles. The Labute approximate surface area is 135 Å². The van der Waals surface area contributed by atoms with Gasteiger partial charge < -0.3 is 10.6 Å². The topological polar surface area (TPSA) is 54.0 Å². The Morgan fingerprint density at radius 1 is 1.23 bits per heavy atom. The van der Waals surface area contributed by atoms with Crippen LogP contribution in [-0.4, -0.2) is 17.4 Å². The lowest BCUT2D eigenvalue weighted by molar-refractivity contribution is 0.102. The van der Waals surface area contributed by atoms with Crippen molar-refractivity contribution in [1.29, 1.82) is 0 Å². The summed E-state index contributed by atoms with van der Waals surface area (Å²) in [6.07, 6.45) is 4.34. The lowest BCUT2D eigenvalue weighted by Gasteiger charge is -2.10.